The quantitative estimate of drug-likeness (QED) is 0.122. The Morgan fingerprint density at radius 1 is 1.02 bits per heavy atom. The van der Waals surface area contributed by atoms with E-state index in [0.29, 0.717) is 10.6 Å². The monoisotopic (exact) mass is 749 g/mol. The number of fused-ring (bicyclic) bond motifs is 1. The van der Waals surface area contributed by atoms with E-state index in [0.717, 1.165) is 15.4 Å². The van der Waals surface area contributed by atoms with Crippen LogP contribution in [0.25, 0.3) is 10.9 Å². The number of hydrogen-bond donors (Lipinski definition) is 9. The number of rotatable bonds is 8. The number of nitrogens with two attached hydrogens (primary N) is 1. The maximum atomic E-state index is 13.5. The molecular formula is C29H33BrClN9O8. The lowest BCUT2D eigenvalue weighted by atomic mass is 10.0. The number of halogens is 2. The summed E-state index contributed by atoms with van der Waals surface area (Å²) < 4.78 is 2.22. The van der Waals surface area contributed by atoms with E-state index in [1.807, 2.05) is 18.2 Å². The van der Waals surface area contributed by atoms with E-state index < -0.39 is 91.6 Å². The minimum absolute atomic E-state index is 0.0494. The van der Waals surface area contributed by atoms with Gasteiger partial charge in [-0.2, -0.15) is 0 Å². The lowest BCUT2D eigenvalue weighted by Gasteiger charge is -2.26. The fourth-order valence-electron chi connectivity index (χ4n) is 4.89. The van der Waals surface area contributed by atoms with Crippen LogP contribution in [0, 0.1) is 0 Å². The van der Waals surface area contributed by atoms with Crippen molar-refractivity contribution in [1.29, 1.82) is 0 Å². The Bertz CT molecular complexity index is 1760. The number of primary amides is 1. The molecule has 48 heavy (non-hydrogen) atoms. The van der Waals surface area contributed by atoms with E-state index in [9.17, 15) is 38.7 Å². The Labute approximate surface area is 286 Å². The topological polar surface area (TPSA) is 259 Å². The number of nitrogens with one attached hydrogen (secondary N) is 7. The average Bonchev–Trinajstić information content (AvgIpc) is 3.59. The smallest absolute Gasteiger partial charge is 0.268 e. The second kappa shape index (κ2) is 15.8. The summed E-state index contributed by atoms with van der Waals surface area (Å²) in [5.41, 5.74) is 6.82. The largest absolute Gasteiger partial charge is 0.381 e. The van der Waals surface area contributed by atoms with E-state index in [1.54, 1.807) is 13.2 Å². The number of aromatic nitrogens is 2. The maximum absolute atomic E-state index is 13.5. The number of nitrogens with zero attached hydrogens (tertiary/aromatic N) is 1. The van der Waals surface area contributed by atoms with E-state index >= 15 is 0 Å². The van der Waals surface area contributed by atoms with Gasteiger partial charge in [0.1, 0.15) is 29.9 Å². The van der Waals surface area contributed by atoms with Gasteiger partial charge in [0.25, 0.3) is 11.8 Å². The number of amides is 7. The summed E-state index contributed by atoms with van der Waals surface area (Å²) in [6, 6.07) is 2.48. The molecular weight excluding hydrogens is 718 g/mol. The molecule has 4 atom stereocenters. The molecule has 17 nitrogen and oxygen atoms in total. The van der Waals surface area contributed by atoms with Crippen LogP contribution in [0.2, 0.25) is 5.02 Å². The highest BCUT2D eigenvalue weighted by Gasteiger charge is 2.32. The molecule has 3 aromatic rings. The minimum Gasteiger partial charge on any atom is -0.381 e. The molecule has 1 aromatic carbocycles. The Balaban J connectivity index is 1.56. The number of carbonyl (C=O) groups is 7. The predicted octanol–water partition coefficient (Wildman–Crippen LogP) is -2.17. The number of aliphatic hydroxyl groups excluding tert-OH is 1. The number of aryl methyl sites for hydroxylation is 1. The lowest BCUT2D eigenvalue weighted by Crippen LogP contribution is -2.61. The van der Waals surface area contributed by atoms with Crippen molar-refractivity contribution in [3.05, 3.63) is 57.4 Å². The van der Waals surface area contributed by atoms with Gasteiger partial charge in [0.2, 0.25) is 29.5 Å². The van der Waals surface area contributed by atoms with Crippen LogP contribution in [0.3, 0.4) is 0 Å². The second-order valence-corrected chi connectivity index (χ2v) is 12.3. The van der Waals surface area contributed by atoms with Crippen molar-refractivity contribution in [1.82, 2.24) is 41.5 Å². The van der Waals surface area contributed by atoms with Crippen LogP contribution in [0.1, 0.15) is 22.5 Å². The molecule has 0 radical (unpaired) electrons. The highest BCUT2D eigenvalue weighted by atomic mass is 79.9. The molecule has 256 valence electrons. The molecule has 0 saturated carbocycles. The number of aliphatic hydroxyl groups is 1. The van der Waals surface area contributed by atoms with Gasteiger partial charge in [0.15, 0.2) is 0 Å². The van der Waals surface area contributed by atoms with Crippen molar-refractivity contribution in [2.75, 3.05) is 19.6 Å². The molecule has 2 aromatic heterocycles. The van der Waals surface area contributed by atoms with Gasteiger partial charge in [-0.15, -0.1) is 0 Å². The Morgan fingerprint density at radius 2 is 1.71 bits per heavy atom. The fraction of sp³-hybridized carbons (Fsp3) is 0.345. The standard InChI is InChI=1S/C29H33BrClN9O8/c1-40-12-15(31)6-21(40)28(47)36-11-24(43)37-20-9-34-25(44)18(4-13-8-33-17-3-2-14(30)5-16(13)17)39-29(48)22(41)10-35-26(45)19(7-23(32)42)38-27(20)46/h2-3,5-6,8,12,18-20,22,33,41H,4,7,9-11H2,1H3,(H2,32,42)(H,34,44)(H,35,45)(H,36,47)(H,37,43)(H,38,46)(H,39,48)/t18?,19?,20?,22-/m1/s1. The number of benzene rings is 1. The summed E-state index contributed by atoms with van der Waals surface area (Å²) in [5.74, 6) is -6.11. The normalized spacial score (nSPS) is 20.9. The first kappa shape index (κ1) is 35.9. The van der Waals surface area contributed by atoms with E-state index in [4.69, 9.17) is 17.3 Å². The fourth-order valence-corrected chi connectivity index (χ4v) is 5.50. The summed E-state index contributed by atoms with van der Waals surface area (Å²) in [6.45, 7) is -1.76. The SMILES string of the molecule is Cn1cc(Cl)cc1C(=O)NCC(=O)NC1CNC(=O)C(Cc2c[nH]c3ccc(Br)cc23)NC(=O)[C@H](O)CNC(=O)C(CC(N)=O)NC1=O. The van der Waals surface area contributed by atoms with Gasteiger partial charge in [0.05, 0.1) is 24.5 Å². The molecule has 0 spiro atoms. The van der Waals surface area contributed by atoms with Gasteiger partial charge in [-0.25, -0.2) is 0 Å². The van der Waals surface area contributed by atoms with Crippen LogP contribution >= 0.6 is 27.5 Å². The average molecular weight is 751 g/mol. The molecule has 0 aliphatic carbocycles. The van der Waals surface area contributed by atoms with Gasteiger partial charge in [-0.1, -0.05) is 27.5 Å². The number of carbonyl (C=O) groups excluding carboxylic acids is 7. The van der Waals surface area contributed by atoms with Gasteiger partial charge in [-0.05, 0) is 29.8 Å². The first-order valence-corrected chi connectivity index (χ1v) is 15.7. The van der Waals surface area contributed by atoms with Crippen molar-refractivity contribution in [3.63, 3.8) is 0 Å². The zero-order valence-corrected chi connectivity index (χ0v) is 27.7. The third-order valence-electron chi connectivity index (χ3n) is 7.34. The molecule has 10 N–H and O–H groups in total. The first-order valence-electron chi connectivity index (χ1n) is 14.5. The van der Waals surface area contributed by atoms with E-state index in [1.165, 1.54) is 16.8 Å². The van der Waals surface area contributed by atoms with Crippen LogP contribution < -0.4 is 37.6 Å². The number of H-pyrrole nitrogens is 1. The first-order chi connectivity index (χ1) is 22.7. The van der Waals surface area contributed by atoms with E-state index in [-0.39, 0.29) is 12.1 Å². The maximum Gasteiger partial charge on any atom is 0.268 e. The van der Waals surface area contributed by atoms with Crippen molar-refractivity contribution in [3.8, 4) is 0 Å². The summed E-state index contributed by atoms with van der Waals surface area (Å²) >= 11 is 9.33. The molecule has 1 aliphatic heterocycles. The van der Waals surface area contributed by atoms with Crippen LogP contribution in [-0.2, 0) is 42.2 Å². The van der Waals surface area contributed by atoms with Crippen LogP contribution in [-0.4, -0.2) is 99.9 Å². The Kier molecular flexibility index (Phi) is 11.8. The summed E-state index contributed by atoms with van der Waals surface area (Å²) in [4.78, 5) is 92.8. The Hall–Kier alpha value is -4.94. The Morgan fingerprint density at radius 3 is 2.40 bits per heavy atom. The van der Waals surface area contributed by atoms with Crippen LogP contribution in [0.4, 0.5) is 0 Å². The molecule has 3 unspecified atom stereocenters. The molecule has 1 aliphatic rings. The second-order valence-electron chi connectivity index (χ2n) is 11.0. The highest BCUT2D eigenvalue weighted by Crippen LogP contribution is 2.24. The molecule has 0 bridgehead atoms. The summed E-state index contributed by atoms with van der Waals surface area (Å²) in [5, 5.41) is 25.9. The van der Waals surface area contributed by atoms with Gasteiger partial charge >= 0.3 is 0 Å². The minimum atomic E-state index is -1.80. The van der Waals surface area contributed by atoms with Crippen molar-refractivity contribution in [2.24, 2.45) is 12.8 Å². The molecule has 7 amide bonds. The van der Waals surface area contributed by atoms with E-state index in [2.05, 4.69) is 52.8 Å². The molecule has 4 rings (SSSR count). The molecule has 3 heterocycles. The number of aromatic amines is 1. The highest BCUT2D eigenvalue weighted by molar-refractivity contribution is 9.10. The van der Waals surface area contributed by atoms with Crippen LogP contribution in [0.5, 0.6) is 0 Å². The third-order valence-corrected chi connectivity index (χ3v) is 8.04. The summed E-state index contributed by atoms with van der Waals surface area (Å²) in [7, 11) is 1.58. The molecule has 1 fully saturated rings. The van der Waals surface area contributed by atoms with Gasteiger partial charge < -0.3 is 52.3 Å². The van der Waals surface area contributed by atoms with Crippen molar-refractivity contribution in [2.45, 2.75) is 37.1 Å². The zero-order chi connectivity index (χ0) is 35.1. The lowest BCUT2D eigenvalue weighted by molar-refractivity contribution is -0.136. The number of β-amino-alcohol motifs (C(OH)–C–C–N with tert-alkyl or cyclic N) is 1. The summed E-state index contributed by atoms with van der Waals surface area (Å²) in [6.07, 6.45) is 0.636. The third kappa shape index (κ3) is 9.33. The zero-order valence-electron chi connectivity index (χ0n) is 25.4. The van der Waals surface area contributed by atoms with Gasteiger partial charge in [-0.3, -0.25) is 33.6 Å². The molecule has 1 saturated heterocycles. The predicted molar refractivity (Wildman–Crippen MR) is 174 cm³/mol. The van der Waals surface area contributed by atoms with Crippen molar-refractivity contribution >= 4 is 79.8 Å². The molecule has 19 heteroatoms. The number of hydrogen-bond acceptors (Lipinski definition) is 8. The van der Waals surface area contributed by atoms with Gasteiger partial charge in [0, 0.05) is 47.8 Å². The van der Waals surface area contributed by atoms with Crippen molar-refractivity contribution < 1.29 is 38.7 Å². The van der Waals surface area contributed by atoms with Crippen LogP contribution in [0.15, 0.2) is 41.1 Å².